The second kappa shape index (κ2) is 13.9. The van der Waals surface area contributed by atoms with E-state index >= 15 is 0 Å². The van der Waals surface area contributed by atoms with E-state index in [0.29, 0.717) is 56.3 Å². The van der Waals surface area contributed by atoms with Crippen molar-refractivity contribution in [2.45, 2.75) is 38.5 Å². The Balaban J connectivity index is 2.67. The first kappa shape index (κ1) is 20.5. The first-order valence-electron chi connectivity index (χ1n) is 8.67. The number of rotatable bonds is 15. The van der Waals surface area contributed by atoms with Gasteiger partial charge in [0.2, 0.25) is 5.75 Å². The van der Waals surface area contributed by atoms with Crippen molar-refractivity contribution in [3.63, 3.8) is 0 Å². The van der Waals surface area contributed by atoms with Gasteiger partial charge < -0.3 is 29.5 Å². The van der Waals surface area contributed by atoms with Crippen molar-refractivity contribution < 1.29 is 29.5 Å². The van der Waals surface area contributed by atoms with E-state index in [-0.39, 0.29) is 19.8 Å². The number of unbranched alkanes of at least 4 members (excludes halogenated alkanes) is 3. The monoisotopic (exact) mass is 342 g/mol. The average Bonchev–Trinajstić information content (AvgIpc) is 2.60. The van der Waals surface area contributed by atoms with Gasteiger partial charge in [0.25, 0.3) is 0 Å². The zero-order valence-electron chi connectivity index (χ0n) is 14.3. The normalized spacial score (nSPS) is 10.6. The molecule has 1 aromatic carbocycles. The molecule has 0 fully saturated rings. The Hall–Kier alpha value is -1.50. The Kier molecular flexibility index (Phi) is 11.9. The first-order valence-corrected chi connectivity index (χ1v) is 8.67. The quantitative estimate of drug-likeness (QED) is 0.423. The molecule has 0 saturated carbocycles. The van der Waals surface area contributed by atoms with E-state index < -0.39 is 0 Å². The summed E-state index contributed by atoms with van der Waals surface area (Å²) in [6, 6.07) is 5.52. The topological polar surface area (TPSA) is 88.4 Å². The fraction of sp³-hybridized carbons (Fsp3) is 0.667. The van der Waals surface area contributed by atoms with E-state index in [1.54, 1.807) is 0 Å². The summed E-state index contributed by atoms with van der Waals surface area (Å²) in [6.07, 6.45) is 4.36. The molecular weight excluding hydrogens is 312 g/mol. The Morgan fingerprint density at radius 2 is 1.00 bits per heavy atom. The van der Waals surface area contributed by atoms with Gasteiger partial charge in [-0.1, -0.05) is 6.07 Å². The van der Waals surface area contributed by atoms with E-state index in [9.17, 15) is 0 Å². The Labute approximate surface area is 144 Å². The van der Waals surface area contributed by atoms with Gasteiger partial charge in [0.15, 0.2) is 11.5 Å². The minimum Gasteiger partial charge on any atom is -0.490 e. The smallest absolute Gasteiger partial charge is 0.203 e. The van der Waals surface area contributed by atoms with E-state index in [0.717, 1.165) is 19.3 Å². The fourth-order valence-corrected chi connectivity index (χ4v) is 2.05. The van der Waals surface area contributed by atoms with E-state index in [2.05, 4.69) is 0 Å². The molecule has 0 unspecified atom stereocenters. The van der Waals surface area contributed by atoms with Gasteiger partial charge in [-0.3, -0.25) is 0 Å². The summed E-state index contributed by atoms with van der Waals surface area (Å²) < 4.78 is 17.3. The van der Waals surface area contributed by atoms with Crippen LogP contribution in [0.1, 0.15) is 38.5 Å². The van der Waals surface area contributed by atoms with Crippen LogP contribution >= 0.6 is 0 Å². The molecule has 24 heavy (non-hydrogen) atoms. The van der Waals surface area contributed by atoms with Crippen LogP contribution in [0.25, 0.3) is 0 Å². The van der Waals surface area contributed by atoms with Gasteiger partial charge in [-0.05, 0) is 50.7 Å². The van der Waals surface area contributed by atoms with Crippen molar-refractivity contribution in [1.29, 1.82) is 0 Å². The van der Waals surface area contributed by atoms with Crippen LogP contribution in [0.15, 0.2) is 18.2 Å². The van der Waals surface area contributed by atoms with Crippen molar-refractivity contribution in [3.05, 3.63) is 18.2 Å². The summed E-state index contributed by atoms with van der Waals surface area (Å²) in [5, 5.41) is 26.5. The third-order valence-electron chi connectivity index (χ3n) is 3.36. The Morgan fingerprint density at radius 3 is 1.42 bits per heavy atom. The fourth-order valence-electron chi connectivity index (χ4n) is 2.05. The predicted octanol–water partition coefficient (Wildman–Crippen LogP) is 2.14. The zero-order chi connectivity index (χ0) is 17.5. The van der Waals surface area contributed by atoms with Gasteiger partial charge in [-0.15, -0.1) is 0 Å². The molecule has 0 saturated heterocycles. The van der Waals surface area contributed by atoms with Gasteiger partial charge in [0.05, 0.1) is 19.8 Å². The van der Waals surface area contributed by atoms with Crippen LogP contribution in [0, 0.1) is 0 Å². The van der Waals surface area contributed by atoms with E-state index in [1.807, 2.05) is 18.2 Å². The Bertz CT molecular complexity index is 394. The molecule has 0 aromatic heterocycles. The summed E-state index contributed by atoms with van der Waals surface area (Å²) >= 11 is 0. The highest BCUT2D eigenvalue weighted by Crippen LogP contribution is 2.37. The molecule has 138 valence electrons. The molecule has 0 aliphatic carbocycles. The lowest BCUT2D eigenvalue weighted by Crippen LogP contribution is -2.06. The second-order valence-electron chi connectivity index (χ2n) is 5.42. The number of aliphatic hydroxyl groups excluding tert-OH is 3. The molecule has 0 aliphatic rings. The number of benzene rings is 1. The van der Waals surface area contributed by atoms with Crippen molar-refractivity contribution in [1.82, 2.24) is 0 Å². The van der Waals surface area contributed by atoms with Gasteiger partial charge in [-0.2, -0.15) is 0 Å². The minimum atomic E-state index is 0.146. The minimum absolute atomic E-state index is 0.146. The third kappa shape index (κ3) is 8.38. The summed E-state index contributed by atoms with van der Waals surface area (Å²) in [6.45, 7) is 1.94. The van der Waals surface area contributed by atoms with E-state index in [1.165, 1.54) is 0 Å². The third-order valence-corrected chi connectivity index (χ3v) is 3.36. The van der Waals surface area contributed by atoms with Crippen LogP contribution in [0.5, 0.6) is 17.2 Å². The Morgan fingerprint density at radius 1 is 0.583 bits per heavy atom. The highest BCUT2D eigenvalue weighted by Gasteiger charge is 2.13. The maximum absolute atomic E-state index is 8.86. The number of aliphatic hydroxyl groups is 3. The molecule has 3 N–H and O–H groups in total. The molecule has 0 radical (unpaired) electrons. The zero-order valence-corrected chi connectivity index (χ0v) is 14.3. The first-order chi connectivity index (χ1) is 11.8. The number of ether oxygens (including phenoxy) is 3. The van der Waals surface area contributed by atoms with Crippen LogP contribution in [-0.4, -0.2) is 55.0 Å². The molecule has 0 heterocycles. The molecule has 0 bridgehead atoms. The number of hydrogen-bond donors (Lipinski definition) is 3. The molecule has 1 aromatic rings. The molecule has 1 rings (SSSR count). The molecule has 0 spiro atoms. The average molecular weight is 342 g/mol. The summed E-state index contributed by atoms with van der Waals surface area (Å²) in [7, 11) is 0. The SMILES string of the molecule is OCCCCOc1cccc(OCCCCO)c1OCCCCO. The second-order valence-corrected chi connectivity index (χ2v) is 5.42. The van der Waals surface area contributed by atoms with Gasteiger partial charge >= 0.3 is 0 Å². The summed E-state index contributed by atoms with van der Waals surface area (Å²) in [5.74, 6) is 1.82. The summed E-state index contributed by atoms with van der Waals surface area (Å²) in [4.78, 5) is 0. The van der Waals surface area contributed by atoms with Crippen LogP contribution in [0.2, 0.25) is 0 Å². The lowest BCUT2D eigenvalue weighted by Gasteiger charge is -2.17. The lowest BCUT2D eigenvalue weighted by atomic mass is 10.2. The van der Waals surface area contributed by atoms with Crippen molar-refractivity contribution >= 4 is 0 Å². The van der Waals surface area contributed by atoms with Crippen molar-refractivity contribution in [3.8, 4) is 17.2 Å². The molecule has 0 atom stereocenters. The molecular formula is C18H30O6. The predicted molar refractivity (Wildman–Crippen MR) is 91.9 cm³/mol. The lowest BCUT2D eigenvalue weighted by molar-refractivity contribution is 0.215. The van der Waals surface area contributed by atoms with E-state index in [4.69, 9.17) is 29.5 Å². The maximum Gasteiger partial charge on any atom is 0.203 e. The maximum atomic E-state index is 8.86. The number of para-hydroxylation sites is 1. The van der Waals surface area contributed by atoms with Crippen molar-refractivity contribution in [2.24, 2.45) is 0 Å². The van der Waals surface area contributed by atoms with Crippen molar-refractivity contribution in [2.75, 3.05) is 39.6 Å². The van der Waals surface area contributed by atoms with Gasteiger partial charge in [0.1, 0.15) is 0 Å². The highest BCUT2D eigenvalue weighted by molar-refractivity contribution is 5.51. The van der Waals surface area contributed by atoms with Crippen LogP contribution in [-0.2, 0) is 0 Å². The number of hydrogen-bond acceptors (Lipinski definition) is 6. The van der Waals surface area contributed by atoms with Gasteiger partial charge in [-0.25, -0.2) is 0 Å². The standard InChI is InChI=1S/C18H30O6/c19-10-1-4-13-22-16-8-7-9-17(23-14-5-2-11-20)18(16)24-15-6-3-12-21/h7-9,19-21H,1-6,10-15H2. The largest absolute Gasteiger partial charge is 0.490 e. The highest BCUT2D eigenvalue weighted by atomic mass is 16.5. The van der Waals surface area contributed by atoms with Crippen LogP contribution in [0.3, 0.4) is 0 Å². The van der Waals surface area contributed by atoms with Gasteiger partial charge in [0, 0.05) is 19.8 Å². The van der Waals surface area contributed by atoms with Crippen LogP contribution in [0.4, 0.5) is 0 Å². The molecule has 6 nitrogen and oxygen atoms in total. The molecule has 6 heteroatoms. The van der Waals surface area contributed by atoms with Crippen LogP contribution < -0.4 is 14.2 Å². The summed E-state index contributed by atoms with van der Waals surface area (Å²) in [5.41, 5.74) is 0. The molecule has 0 aliphatic heterocycles. The molecule has 0 amide bonds.